The van der Waals surface area contributed by atoms with Gasteiger partial charge in [0.05, 0.1) is 18.2 Å². The highest BCUT2D eigenvalue weighted by atomic mass is 32.1. The highest BCUT2D eigenvalue weighted by Crippen LogP contribution is 2.06. The van der Waals surface area contributed by atoms with Gasteiger partial charge in [-0.25, -0.2) is 0 Å². The van der Waals surface area contributed by atoms with E-state index < -0.39 is 0 Å². The van der Waals surface area contributed by atoms with E-state index in [1.807, 2.05) is 0 Å². The maximum absolute atomic E-state index is 5.45. The van der Waals surface area contributed by atoms with Crippen LogP contribution in [0.3, 0.4) is 0 Å². The molecule has 0 radical (unpaired) electrons. The van der Waals surface area contributed by atoms with Gasteiger partial charge in [0.1, 0.15) is 6.10 Å². The van der Waals surface area contributed by atoms with Crippen LogP contribution in [0.1, 0.15) is 19.3 Å². The van der Waals surface area contributed by atoms with Crippen LogP contribution in [-0.2, 0) is 9.47 Å². The molecular weight excluding hydrogens is 174 g/mol. The molecule has 0 unspecified atom stereocenters. The average molecular weight is 189 g/mol. The smallest absolute Gasteiger partial charge is 0.104 e. The molecule has 1 aliphatic heterocycles. The zero-order valence-corrected chi connectivity index (χ0v) is 7.94. The quantitative estimate of drug-likeness (QED) is 0.497. The van der Waals surface area contributed by atoms with Crippen LogP contribution in [0, 0.1) is 0 Å². The maximum Gasteiger partial charge on any atom is 0.104 e. The lowest BCUT2D eigenvalue weighted by Gasteiger charge is -2.25. The van der Waals surface area contributed by atoms with Gasteiger partial charge < -0.3 is 15.2 Å². The molecule has 2 N–H and O–H groups in total. The second kappa shape index (κ2) is 5.45. The highest BCUT2D eigenvalue weighted by molar-refractivity contribution is 7.80. The van der Waals surface area contributed by atoms with Crippen molar-refractivity contribution in [3.63, 3.8) is 0 Å². The molecule has 1 fully saturated rings. The van der Waals surface area contributed by atoms with Crippen LogP contribution >= 0.6 is 12.2 Å². The van der Waals surface area contributed by atoms with Gasteiger partial charge in [-0.2, -0.15) is 0 Å². The van der Waals surface area contributed by atoms with E-state index in [0.717, 1.165) is 39.1 Å². The molecule has 0 spiro atoms. The standard InChI is InChI=1S/C8H15NO2S/c9-8(12)3-1-2-4-11-7-5-10-6-7/h7H,1-6H2,(H2,9,12). The van der Waals surface area contributed by atoms with Crippen molar-refractivity contribution in [2.75, 3.05) is 19.8 Å². The Hall–Kier alpha value is -0.190. The Bertz CT molecular complexity index is 148. The second-order valence-electron chi connectivity index (χ2n) is 2.95. The molecular formula is C8H15NO2S. The lowest BCUT2D eigenvalue weighted by atomic mass is 10.2. The minimum atomic E-state index is 0.342. The molecule has 1 heterocycles. The van der Waals surface area contributed by atoms with Crippen molar-refractivity contribution >= 4 is 17.2 Å². The summed E-state index contributed by atoms with van der Waals surface area (Å²) in [5, 5.41) is 0. The fraction of sp³-hybridized carbons (Fsp3) is 0.875. The summed E-state index contributed by atoms with van der Waals surface area (Å²) in [4.78, 5) is 0.599. The zero-order valence-electron chi connectivity index (χ0n) is 7.12. The Morgan fingerprint density at radius 1 is 1.50 bits per heavy atom. The van der Waals surface area contributed by atoms with Gasteiger partial charge in [0.25, 0.3) is 0 Å². The molecule has 4 heteroatoms. The van der Waals surface area contributed by atoms with E-state index in [1.165, 1.54) is 0 Å². The molecule has 12 heavy (non-hydrogen) atoms. The summed E-state index contributed by atoms with van der Waals surface area (Å²) in [6.45, 7) is 2.32. The lowest BCUT2D eigenvalue weighted by molar-refractivity contribution is -0.129. The van der Waals surface area contributed by atoms with Gasteiger partial charge in [0, 0.05) is 6.61 Å². The van der Waals surface area contributed by atoms with Gasteiger partial charge in [0.2, 0.25) is 0 Å². The van der Waals surface area contributed by atoms with Crippen molar-refractivity contribution < 1.29 is 9.47 Å². The van der Waals surface area contributed by atoms with Crippen LogP contribution in [0.25, 0.3) is 0 Å². The average Bonchev–Trinajstić information content (AvgIpc) is 1.92. The number of nitrogens with two attached hydrogens (primary N) is 1. The largest absolute Gasteiger partial charge is 0.393 e. The van der Waals surface area contributed by atoms with E-state index in [1.54, 1.807) is 0 Å². The summed E-state index contributed by atoms with van der Waals surface area (Å²) in [5.41, 5.74) is 5.34. The first-order valence-corrected chi connectivity index (χ1v) is 4.67. The first-order valence-electron chi connectivity index (χ1n) is 4.26. The predicted octanol–water partition coefficient (Wildman–Crippen LogP) is 0.858. The SMILES string of the molecule is NC(=S)CCCCOC1COC1. The van der Waals surface area contributed by atoms with E-state index in [-0.39, 0.29) is 0 Å². The molecule has 3 nitrogen and oxygen atoms in total. The van der Waals surface area contributed by atoms with Crippen molar-refractivity contribution in [2.45, 2.75) is 25.4 Å². The van der Waals surface area contributed by atoms with Gasteiger partial charge in [-0.15, -0.1) is 0 Å². The fourth-order valence-electron chi connectivity index (χ4n) is 0.962. The summed E-state index contributed by atoms with van der Waals surface area (Å²) >= 11 is 4.75. The van der Waals surface area contributed by atoms with Crippen LogP contribution < -0.4 is 5.73 Å². The summed E-state index contributed by atoms with van der Waals surface area (Å²) in [7, 11) is 0. The monoisotopic (exact) mass is 189 g/mol. The third-order valence-corrected chi connectivity index (χ3v) is 1.98. The van der Waals surface area contributed by atoms with Gasteiger partial charge in [-0.05, 0) is 19.3 Å². The van der Waals surface area contributed by atoms with E-state index in [4.69, 9.17) is 27.4 Å². The Labute approximate surface area is 78.2 Å². The molecule has 0 saturated carbocycles. The molecule has 0 atom stereocenters. The van der Waals surface area contributed by atoms with Crippen molar-refractivity contribution in [1.29, 1.82) is 0 Å². The first-order chi connectivity index (χ1) is 5.79. The van der Waals surface area contributed by atoms with Gasteiger partial charge in [-0.3, -0.25) is 0 Å². The number of ether oxygens (including phenoxy) is 2. The third-order valence-electron chi connectivity index (χ3n) is 1.78. The first kappa shape index (κ1) is 9.89. The van der Waals surface area contributed by atoms with Crippen molar-refractivity contribution in [3.05, 3.63) is 0 Å². The molecule has 0 bridgehead atoms. The molecule has 0 amide bonds. The Morgan fingerprint density at radius 3 is 2.75 bits per heavy atom. The topological polar surface area (TPSA) is 44.5 Å². The molecule has 0 aromatic rings. The number of thiocarbonyl (C=S) groups is 1. The highest BCUT2D eigenvalue weighted by Gasteiger charge is 2.17. The number of rotatable bonds is 6. The second-order valence-corrected chi connectivity index (χ2v) is 3.48. The van der Waals surface area contributed by atoms with Crippen LogP contribution in [0.15, 0.2) is 0 Å². The van der Waals surface area contributed by atoms with Gasteiger partial charge in [0.15, 0.2) is 0 Å². The van der Waals surface area contributed by atoms with Crippen molar-refractivity contribution in [3.8, 4) is 0 Å². The number of hydrogen-bond donors (Lipinski definition) is 1. The van der Waals surface area contributed by atoms with Crippen LogP contribution in [0.5, 0.6) is 0 Å². The predicted molar refractivity (Wildman–Crippen MR) is 51.2 cm³/mol. The molecule has 70 valence electrons. The summed E-state index contributed by atoms with van der Waals surface area (Å²) in [5.74, 6) is 0. The van der Waals surface area contributed by atoms with Crippen LogP contribution in [0.2, 0.25) is 0 Å². The summed E-state index contributed by atoms with van der Waals surface area (Å²) in [6.07, 6.45) is 3.24. The van der Waals surface area contributed by atoms with E-state index in [0.29, 0.717) is 11.1 Å². The fourth-order valence-corrected chi connectivity index (χ4v) is 1.11. The maximum atomic E-state index is 5.45. The normalized spacial score (nSPS) is 17.3. The van der Waals surface area contributed by atoms with Gasteiger partial charge >= 0.3 is 0 Å². The molecule has 1 saturated heterocycles. The Balaban J connectivity index is 1.79. The number of hydrogen-bond acceptors (Lipinski definition) is 3. The molecule has 1 rings (SSSR count). The zero-order chi connectivity index (χ0) is 8.81. The van der Waals surface area contributed by atoms with E-state index in [2.05, 4.69) is 0 Å². The molecule has 1 aliphatic rings. The van der Waals surface area contributed by atoms with Gasteiger partial charge in [-0.1, -0.05) is 12.2 Å². The minimum absolute atomic E-state index is 0.342. The molecule has 0 aliphatic carbocycles. The molecule has 0 aromatic heterocycles. The lowest BCUT2D eigenvalue weighted by Crippen LogP contribution is -2.36. The van der Waals surface area contributed by atoms with Crippen LogP contribution in [-0.4, -0.2) is 30.9 Å². The summed E-state index contributed by atoms with van der Waals surface area (Å²) in [6, 6.07) is 0. The summed E-state index contributed by atoms with van der Waals surface area (Å²) < 4.78 is 10.4. The Kier molecular flexibility index (Phi) is 4.50. The third kappa shape index (κ3) is 3.99. The van der Waals surface area contributed by atoms with E-state index >= 15 is 0 Å². The number of unbranched alkanes of at least 4 members (excludes halogenated alkanes) is 1. The van der Waals surface area contributed by atoms with Crippen molar-refractivity contribution in [2.24, 2.45) is 5.73 Å². The van der Waals surface area contributed by atoms with E-state index in [9.17, 15) is 0 Å². The Morgan fingerprint density at radius 2 is 2.25 bits per heavy atom. The molecule has 0 aromatic carbocycles. The van der Waals surface area contributed by atoms with Crippen LogP contribution in [0.4, 0.5) is 0 Å². The van der Waals surface area contributed by atoms with Crippen molar-refractivity contribution in [1.82, 2.24) is 0 Å². The minimum Gasteiger partial charge on any atom is -0.393 e.